The average Bonchev–Trinajstić information content (AvgIpc) is 0.817. The van der Waals surface area contributed by atoms with E-state index in [2.05, 4.69) is 191 Å². The summed E-state index contributed by atoms with van der Waals surface area (Å²) in [5.74, 6) is 0.0896. The molecule has 2 rings (SSSR count). The number of carboxylic acids is 2. The number of rotatable bonds is 43. The number of nitrogens with two attached hydrogens (primary N) is 3. The van der Waals surface area contributed by atoms with Gasteiger partial charge in [-0.3, -0.25) is 28.8 Å². The van der Waals surface area contributed by atoms with Crippen LogP contribution in [0.15, 0.2) is 11.8 Å². The zero-order chi connectivity index (χ0) is 116. The third-order valence-corrected chi connectivity index (χ3v) is 27.1. The van der Waals surface area contributed by atoms with Crippen molar-refractivity contribution in [1.29, 1.82) is 10.5 Å². The summed E-state index contributed by atoms with van der Waals surface area (Å²) in [7, 11) is 0.750. The molecular formula is C111H217KN12O22. The fraction of sp³-hybridized carbons (Fsp3) is 0.847. The van der Waals surface area contributed by atoms with E-state index in [0.717, 1.165) is 71.9 Å². The van der Waals surface area contributed by atoms with Crippen LogP contribution in [0.1, 0.15) is 383 Å². The Hall–Kier alpha value is -6.79. The monoisotopic (exact) mass is 2110 g/mol. The third-order valence-electron chi connectivity index (χ3n) is 27.1. The summed E-state index contributed by atoms with van der Waals surface area (Å²) in [6.45, 7) is 102. The molecule has 2 fully saturated rings. The van der Waals surface area contributed by atoms with Gasteiger partial charge in [-0.1, -0.05) is 243 Å². The summed E-state index contributed by atoms with van der Waals surface area (Å²) in [6.07, 6.45) is 11.0. The molecule has 854 valence electrons. The van der Waals surface area contributed by atoms with Crippen molar-refractivity contribution in [2.24, 2.45) is 114 Å². The van der Waals surface area contributed by atoms with Gasteiger partial charge in [0.15, 0.2) is 0 Å². The number of nitrogens with one attached hydrogen (secondary N) is 4. The number of aldehydes is 1. The van der Waals surface area contributed by atoms with Crippen LogP contribution in [-0.2, 0) is 81.2 Å². The van der Waals surface area contributed by atoms with E-state index in [1.165, 1.54) is 6.42 Å². The molecule has 4 unspecified atom stereocenters. The number of nitrogens with zero attached hydrogens (tertiary/aromatic N) is 5. The number of hydrogen-bond acceptors (Lipinski definition) is 27. The predicted octanol–water partition coefficient (Wildman–Crippen LogP) is 15.5. The van der Waals surface area contributed by atoms with Crippen molar-refractivity contribution >= 4 is 72.9 Å². The molecule has 4 atom stereocenters. The van der Waals surface area contributed by atoms with E-state index in [9.17, 15) is 67.9 Å². The number of alkyl carbamates (subject to hydrolysis) is 1. The number of carbonyl (C=O) groups excluding carboxylic acids is 10. The van der Waals surface area contributed by atoms with Crippen molar-refractivity contribution in [1.82, 2.24) is 31.1 Å². The number of amides is 4. The topological polar surface area (TPSA) is 529 Å². The number of allylic oxidation sites excluding steroid dienone is 1. The first-order valence-electron chi connectivity index (χ1n) is 51.7. The van der Waals surface area contributed by atoms with E-state index >= 15 is 0 Å². The Morgan fingerprint density at radius 2 is 0.863 bits per heavy atom. The number of aliphatic hydroxyl groups is 1. The SMILES string of the molecule is C.CC(C)C(C)(C)C=O.CC(C)C(C)(C)CC(N)C(=O)O.CC(C)C(C)(C)CC(NC(=O)OC(C)(C)C)C(=O)O.CC(C)C(C)(C)CO.CCCN1CCC(C#N)(NC(=O)C(N)CC(C)(C)C(C)C)CC1.CCCN1CCC(N)(C#N)CC1.CCOC(=O)C(=CC(C)(C)C(C)C)NC=O.CCOC(=O)C(C)(C)C(C)C.CCOC(=O)C(CC(C)(C)C(C)C)NC=O.CCOC(=O)CC(C)C.C[O-].[C-]#[N+]CC(=O)OCC.[K+]. The molecular weight excluding hydrogens is 1890 g/mol. The van der Waals surface area contributed by atoms with Gasteiger partial charge >= 0.3 is 106 Å². The number of piperidine rings is 2. The summed E-state index contributed by atoms with van der Waals surface area (Å²) >= 11 is 0. The van der Waals surface area contributed by atoms with Gasteiger partial charge in [0.2, 0.25) is 18.7 Å². The number of aliphatic carboxylic acids is 2. The van der Waals surface area contributed by atoms with Gasteiger partial charge in [-0.05, 0) is 238 Å². The molecule has 2 aliphatic heterocycles. The van der Waals surface area contributed by atoms with Crippen LogP contribution in [0.25, 0.3) is 4.85 Å². The maximum absolute atomic E-state index is 12.5. The van der Waals surface area contributed by atoms with Crippen LogP contribution in [-0.4, -0.2) is 231 Å². The van der Waals surface area contributed by atoms with Crippen molar-refractivity contribution < 1.29 is 158 Å². The summed E-state index contributed by atoms with van der Waals surface area (Å²) < 4.78 is 28.9. The standard InChI is InChI=1S/C18H34N4O.C14H27NO4.C12H23NO3.C12H21NO3.C9H17N3.C9H19NO2.C9H18O2.C7H14O2.C7H16O.C7H14O.C5H7NO2.CH3O.CH4.K/c1-6-9-22-10-7-18(13-19,8-11-22)21-16(23)15(20)12-17(4,5)14(2)3;1-9(2)14(6,7)8-10(11(16)17)15-12(18)19-13(3,4)5;2*1-6-16-11(15)10(13-8-14)7-12(4,5)9(2)3;1-2-5-12-6-3-9(11,8-10)4-7-12;1-6(2)9(3,4)5-7(10)8(11)12;1-6-11-8(10)9(4,5)7(2)3;1-4-9-7(8)5-6(2)3;2*1-6(2)7(3,4)5-8;1-3-8-5(7)4-6-2;1-2;;/h14-15H,6-12,20H2,1-5H3,(H,21,23);9-10H,8H2,1-7H3,(H,15,18)(H,16,17);8-10H,6-7H2,1-5H3,(H,13,14);7-9H,6H2,1-5H3,(H,13,14);2-7,11H2,1H3;6-7H,5,10H2,1-4H3,(H,11,12);7H,6H2,1-5H3;6H,4-5H2,1-3H3;6,8H,5H2,1-4H3;5-6H,1-4H3;3-4H2,1H3;1H3;1H4;/q;;;;;;;;;;;-1;;+1. The quantitative estimate of drug-likeness (QED) is 0.00677. The molecule has 0 spiro atoms. The average molecular weight is 2110 g/mol. The largest absolute Gasteiger partial charge is 1.00 e. The van der Waals surface area contributed by atoms with E-state index in [4.69, 9.17) is 68.0 Å². The number of ether oxygens (including phenoxy) is 6. The fourth-order valence-corrected chi connectivity index (χ4v) is 10.8. The molecule has 0 aromatic heterocycles. The summed E-state index contributed by atoms with van der Waals surface area (Å²) in [5.41, 5.74) is 14.9. The van der Waals surface area contributed by atoms with Gasteiger partial charge < -0.3 is 107 Å². The third kappa shape index (κ3) is 82.0. The minimum absolute atomic E-state index is 0. The Kier molecular flexibility index (Phi) is 95.4. The van der Waals surface area contributed by atoms with E-state index in [-0.39, 0.29) is 145 Å². The first kappa shape index (κ1) is 164. The van der Waals surface area contributed by atoms with Crippen molar-refractivity contribution in [3.63, 3.8) is 0 Å². The maximum atomic E-state index is 12.5. The molecule has 34 nitrogen and oxygen atoms in total. The van der Waals surface area contributed by atoms with Gasteiger partial charge in [0.1, 0.15) is 46.8 Å². The summed E-state index contributed by atoms with van der Waals surface area (Å²) in [5, 5.41) is 63.5. The van der Waals surface area contributed by atoms with E-state index < -0.39 is 70.8 Å². The van der Waals surface area contributed by atoms with Crippen LogP contribution in [0, 0.1) is 126 Å². The van der Waals surface area contributed by atoms with Crippen molar-refractivity contribution in [3.8, 4) is 12.1 Å². The summed E-state index contributed by atoms with van der Waals surface area (Å²) in [6, 6.07) is 1.75. The molecule has 0 aromatic rings. The van der Waals surface area contributed by atoms with E-state index in [1.807, 2.05) is 125 Å². The van der Waals surface area contributed by atoms with Crippen LogP contribution in [0.2, 0.25) is 0 Å². The predicted molar refractivity (Wildman–Crippen MR) is 583 cm³/mol. The van der Waals surface area contributed by atoms with Crippen LogP contribution < -0.4 is 95.0 Å². The fourth-order valence-electron chi connectivity index (χ4n) is 10.8. The molecule has 146 heavy (non-hydrogen) atoms. The van der Waals surface area contributed by atoms with Gasteiger partial charge in [0, 0.05) is 44.6 Å². The molecule has 0 saturated carbocycles. The molecule has 35 heteroatoms. The number of hydrogen-bond donors (Lipinski definition) is 10. The van der Waals surface area contributed by atoms with Crippen molar-refractivity contribution in [2.75, 3.05) is 92.6 Å². The normalized spacial score (nSPS) is 14.3. The van der Waals surface area contributed by atoms with Crippen LogP contribution in [0.5, 0.6) is 0 Å². The smallest absolute Gasteiger partial charge is 0.857 e. The second-order valence-corrected chi connectivity index (χ2v) is 45.7. The van der Waals surface area contributed by atoms with Gasteiger partial charge in [0.25, 0.3) is 0 Å². The molecule has 13 N–H and O–H groups in total. The van der Waals surface area contributed by atoms with Gasteiger partial charge in [-0.25, -0.2) is 30.5 Å². The molecule has 2 saturated heterocycles. The molecule has 0 aliphatic carbocycles. The van der Waals surface area contributed by atoms with Crippen LogP contribution in [0.4, 0.5) is 4.79 Å². The van der Waals surface area contributed by atoms with Crippen LogP contribution >= 0.6 is 0 Å². The molecule has 0 radical (unpaired) electrons. The molecule has 4 amide bonds. The molecule has 2 aliphatic rings. The minimum Gasteiger partial charge on any atom is -0.857 e. The first-order valence-corrected chi connectivity index (χ1v) is 51.7. The van der Waals surface area contributed by atoms with Crippen molar-refractivity contribution in [2.45, 2.75) is 424 Å². The van der Waals surface area contributed by atoms with Gasteiger partial charge in [-0.15, -0.1) is 0 Å². The Morgan fingerprint density at radius 1 is 0.493 bits per heavy atom. The van der Waals surface area contributed by atoms with E-state index in [1.54, 1.807) is 47.6 Å². The Bertz CT molecular complexity index is 3680. The number of aliphatic hydroxyl groups excluding tert-OH is 1. The summed E-state index contributed by atoms with van der Waals surface area (Å²) in [4.78, 5) is 140. The number of carbonyl (C=O) groups is 12. The number of carboxylic acid groups (broad SMARTS) is 2. The number of likely N-dealkylation sites (tertiary alicyclic amines) is 2. The second kappa shape index (κ2) is 84.8. The zero-order valence-corrected chi connectivity index (χ0v) is 103. The molecule has 2 heterocycles. The number of nitriles is 2. The second-order valence-electron chi connectivity index (χ2n) is 45.7. The molecule has 0 bridgehead atoms. The maximum Gasteiger partial charge on any atom is 1.00 e. The number of esters is 5. The molecule has 0 aromatic carbocycles. The van der Waals surface area contributed by atoms with E-state index in [0.29, 0.717) is 144 Å². The van der Waals surface area contributed by atoms with Gasteiger partial charge in [0.05, 0.1) is 56.6 Å². The first-order chi connectivity index (χ1) is 65.6. The zero-order valence-electron chi connectivity index (χ0n) is 99.9. The van der Waals surface area contributed by atoms with Crippen molar-refractivity contribution in [3.05, 3.63) is 23.2 Å². The van der Waals surface area contributed by atoms with Crippen LogP contribution in [0.3, 0.4) is 0 Å². The minimum atomic E-state index is -1.04. The Labute approximate surface area is 930 Å². The Morgan fingerprint density at radius 3 is 1.14 bits per heavy atom. The van der Waals surface area contributed by atoms with Gasteiger partial charge in [-0.2, -0.15) is 17.6 Å². The Balaban J connectivity index is -0.000000137.